The van der Waals surface area contributed by atoms with Gasteiger partial charge >= 0.3 is 6.03 Å². The van der Waals surface area contributed by atoms with Crippen LogP contribution >= 0.6 is 11.6 Å². The van der Waals surface area contributed by atoms with Gasteiger partial charge in [0.1, 0.15) is 5.75 Å². The van der Waals surface area contributed by atoms with Crippen molar-refractivity contribution >= 4 is 23.3 Å². The van der Waals surface area contributed by atoms with Gasteiger partial charge in [0.15, 0.2) is 0 Å². The summed E-state index contributed by atoms with van der Waals surface area (Å²) in [6.45, 7) is 2.49. The van der Waals surface area contributed by atoms with Crippen molar-refractivity contribution in [2.45, 2.75) is 25.4 Å². The van der Waals surface area contributed by atoms with Crippen LogP contribution in [0.4, 0.5) is 10.5 Å². The molecule has 0 saturated carbocycles. The van der Waals surface area contributed by atoms with Gasteiger partial charge in [-0.2, -0.15) is 0 Å². The summed E-state index contributed by atoms with van der Waals surface area (Å²) in [5.74, 6) is 0.801. The number of carbonyl (C=O) groups is 1. The fourth-order valence-electron chi connectivity index (χ4n) is 3.42. The van der Waals surface area contributed by atoms with Gasteiger partial charge < -0.3 is 19.9 Å². The van der Waals surface area contributed by atoms with Gasteiger partial charge in [-0.1, -0.05) is 29.8 Å². The Morgan fingerprint density at radius 2 is 1.85 bits per heavy atom. The molecule has 0 radical (unpaired) electrons. The van der Waals surface area contributed by atoms with Gasteiger partial charge in [0.05, 0.1) is 13.7 Å². The Kier molecular flexibility index (Phi) is 6.58. The molecule has 27 heavy (non-hydrogen) atoms. The molecule has 0 atom stereocenters. The molecule has 1 aliphatic rings. The summed E-state index contributed by atoms with van der Waals surface area (Å²) in [4.78, 5) is 17.3. The molecule has 0 aromatic heterocycles. The second-order valence-corrected chi connectivity index (χ2v) is 7.35. The molecule has 1 saturated heterocycles. The van der Waals surface area contributed by atoms with Crippen LogP contribution in [-0.2, 0) is 6.54 Å². The third-order valence-electron chi connectivity index (χ3n) is 5.02. The number of para-hydroxylation sites is 1. The van der Waals surface area contributed by atoms with Gasteiger partial charge in [-0.05, 0) is 63.3 Å². The second-order valence-electron chi connectivity index (χ2n) is 6.91. The maximum Gasteiger partial charge on any atom is 0.322 e. The lowest BCUT2D eigenvalue weighted by Gasteiger charge is -2.37. The number of anilines is 1. The molecule has 0 unspecified atom stereocenters. The first-order valence-corrected chi connectivity index (χ1v) is 9.58. The first kappa shape index (κ1) is 19.5. The molecule has 3 rings (SSSR count). The minimum Gasteiger partial charge on any atom is -0.496 e. The summed E-state index contributed by atoms with van der Waals surface area (Å²) >= 11 is 5.95. The highest BCUT2D eigenvalue weighted by molar-refractivity contribution is 6.30. The number of likely N-dealkylation sites (tertiary alicyclic amines) is 1. The van der Waals surface area contributed by atoms with Gasteiger partial charge in [-0.3, -0.25) is 0 Å². The van der Waals surface area contributed by atoms with Gasteiger partial charge in [0.2, 0.25) is 0 Å². The summed E-state index contributed by atoms with van der Waals surface area (Å²) in [7, 11) is 3.78. The zero-order valence-corrected chi connectivity index (χ0v) is 16.6. The van der Waals surface area contributed by atoms with E-state index in [1.54, 1.807) is 19.2 Å². The molecule has 1 aliphatic heterocycles. The zero-order chi connectivity index (χ0) is 19.2. The standard InChI is InChI=1S/C21H26ClN3O2/c1-24-13-11-19(12-14-24)25(15-16-5-3-4-6-20(16)27-2)21(26)23-18-9-7-17(22)8-10-18/h3-10,19H,11-15H2,1-2H3,(H,23,26). The SMILES string of the molecule is COc1ccccc1CN(C(=O)Nc1ccc(Cl)cc1)C1CCN(C)CC1. The largest absolute Gasteiger partial charge is 0.496 e. The number of nitrogens with one attached hydrogen (secondary N) is 1. The Labute approximate surface area is 165 Å². The molecule has 0 aliphatic carbocycles. The quantitative estimate of drug-likeness (QED) is 0.822. The molecular weight excluding hydrogens is 362 g/mol. The highest BCUT2D eigenvalue weighted by atomic mass is 35.5. The molecule has 144 valence electrons. The highest BCUT2D eigenvalue weighted by Gasteiger charge is 2.28. The lowest BCUT2D eigenvalue weighted by atomic mass is 10.0. The third-order valence-corrected chi connectivity index (χ3v) is 5.27. The molecule has 5 nitrogen and oxygen atoms in total. The van der Waals surface area contributed by atoms with Crippen LogP contribution in [0.3, 0.4) is 0 Å². The van der Waals surface area contributed by atoms with E-state index in [0.29, 0.717) is 11.6 Å². The minimum absolute atomic E-state index is 0.0993. The van der Waals surface area contributed by atoms with Crippen LogP contribution in [0.2, 0.25) is 5.02 Å². The maximum absolute atomic E-state index is 13.1. The van der Waals surface area contributed by atoms with Crippen molar-refractivity contribution in [1.82, 2.24) is 9.80 Å². The minimum atomic E-state index is -0.0993. The smallest absolute Gasteiger partial charge is 0.322 e. The van der Waals surface area contributed by atoms with E-state index >= 15 is 0 Å². The van der Waals surface area contributed by atoms with Crippen LogP contribution in [0.15, 0.2) is 48.5 Å². The monoisotopic (exact) mass is 387 g/mol. The Morgan fingerprint density at radius 3 is 2.52 bits per heavy atom. The summed E-state index contributed by atoms with van der Waals surface area (Å²) < 4.78 is 5.48. The summed E-state index contributed by atoms with van der Waals surface area (Å²) in [5.41, 5.74) is 1.74. The lowest BCUT2D eigenvalue weighted by Crippen LogP contribution is -2.47. The van der Waals surface area contributed by atoms with Crippen molar-refractivity contribution in [3.8, 4) is 5.75 Å². The number of rotatable bonds is 5. The van der Waals surface area contributed by atoms with E-state index in [4.69, 9.17) is 16.3 Å². The highest BCUT2D eigenvalue weighted by Crippen LogP contribution is 2.25. The van der Waals surface area contributed by atoms with Crippen molar-refractivity contribution in [3.05, 3.63) is 59.1 Å². The molecule has 2 aromatic rings. The Morgan fingerprint density at radius 1 is 1.19 bits per heavy atom. The van der Waals surface area contributed by atoms with E-state index in [2.05, 4.69) is 17.3 Å². The number of hydrogen-bond acceptors (Lipinski definition) is 3. The molecule has 1 heterocycles. The molecule has 6 heteroatoms. The van der Waals surface area contributed by atoms with Gasteiger partial charge in [0.25, 0.3) is 0 Å². The first-order valence-electron chi connectivity index (χ1n) is 9.20. The topological polar surface area (TPSA) is 44.8 Å². The van der Waals surface area contributed by atoms with Crippen LogP contribution < -0.4 is 10.1 Å². The van der Waals surface area contributed by atoms with E-state index in [9.17, 15) is 4.79 Å². The number of ether oxygens (including phenoxy) is 1. The van der Waals surface area contributed by atoms with Crippen LogP contribution in [0.25, 0.3) is 0 Å². The van der Waals surface area contributed by atoms with Crippen molar-refractivity contribution < 1.29 is 9.53 Å². The lowest BCUT2D eigenvalue weighted by molar-refractivity contribution is 0.135. The number of hydrogen-bond donors (Lipinski definition) is 1. The van der Waals surface area contributed by atoms with Crippen molar-refractivity contribution in [1.29, 1.82) is 0 Å². The number of benzene rings is 2. The van der Waals surface area contributed by atoms with E-state index < -0.39 is 0 Å². The van der Waals surface area contributed by atoms with Crippen LogP contribution in [0.5, 0.6) is 5.75 Å². The Balaban J connectivity index is 1.80. The van der Waals surface area contributed by atoms with Crippen molar-refractivity contribution in [3.63, 3.8) is 0 Å². The number of amides is 2. The molecular formula is C21H26ClN3O2. The maximum atomic E-state index is 13.1. The number of urea groups is 1. The average Bonchev–Trinajstić information content (AvgIpc) is 2.69. The normalized spacial score (nSPS) is 15.4. The van der Waals surface area contributed by atoms with Crippen LogP contribution in [0, 0.1) is 0 Å². The predicted octanol–water partition coefficient (Wildman–Crippen LogP) is 4.48. The molecule has 2 amide bonds. The van der Waals surface area contributed by atoms with Crippen LogP contribution in [-0.4, -0.2) is 49.1 Å². The van der Waals surface area contributed by atoms with E-state index in [1.807, 2.05) is 41.3 Å². The first-order chi connectivity index (χ1) is 13.1. The van der Waals surface area contributed by atoms with Gasteiger partial charge in [0, 0.05) is 22.3 Å². The predicted molar refractivity (Wildman–Crippen MR) is 110 cm³/mol. The fourth-order valence-corrected chi connectivity index (χ4v) is 3.54. The van der Waals surface area contributed by atoms with Gasteiger partial charge in [-0.25, -0.2) is 4.79 Å². The molecule has 1 N–H and O–H groups in total. The number of nitrogens with zero attached hydrogens (tertiary/aromatic N) is 2. The molecule has 2 aromatic carbocycles. The second kappa shape index (κ2) is 9.11. The van der Waals surface area contributed by atoms with E-state index in [-0.39, 0.29) is 12.1 Å². The number of halogens is 1. The summed E-state index contributed by atoms with van der Waals surface area (Å²) in [5, 5.41) is 3.66. The Hall–Kier alpha value is -2.24. The van der Waals surface area contributed by atoms with E-state index in [1.165, 1.54) is 0 Å². The van der Waals surface area contributed by atoms with Crippen molar-refractivity contribution in [2.24, 2.45) is 0 Å². The zero-order valence-electron chi connectivity index (χ0n) is 15.8. The summed E-state index contributed by atoms with van der Waals surface area (Å²) in [6.07, 6.45) is 1.92. The molecule has 0 spiro atoms. The Bertz CT molecular complexity index is 758. The van der Waals surface area contributed by atoms with Crippen molar-refractivity contribution in [2.75, 3.05) is 32.6 Å². The fraction of sp³-hybridized carbons (Fsp3) is 0.381. The number of carbonyl (C=O) groups excluding carboxylic acids is 1. The third kappa shape index (κ3) is 5.15. The number of piperidine rings is 1. The molecule has 0 bridgehead atoms. The average molecular weight is 388 g/mol. The molecule has 1 fully saturated rings. The number of methoxy groups -OCH3 is 1. The summed E-state index contributed by atoms with van der Waals surface area (Å²) in [6, 6.07) is 15.1. The van der Waals surface area contributed by atoms with Crippen LogP contribution in [0.1, 0.15) is 18.4 Å². The van der Waals surface area contributed by atoms with E-state index in [0.717, 1.165) is 42.9 Å². The van der Waals surface area contributed by atoms with Gasteiger partial charge in [-0.15, -0.1) is 0 Å².